The molecule has 2 fully saturated rings. The number of aryl methyl sites for hydroxylation is 1. The van der Waals surface area contributed by atoms with Crippen molar-refractivity contribution in [2.75, 3.05) is 57.7 Å². The van der Waals surface area contributed by atoms with Gasteiger partial charge in [0, 0.05) is 58.0 Å². The fraction of sp³-hybridized carbons (Fsp3) is 0.500. The molecule has 2 saturated heterocycles. The molecule has 2 aliphatic rings. The van der Waals surface area contributed by atoms with Crippen LogP contribution in [-0.2, 0) is 0 Å². The maximum absolute atomic E-state index is 12.6. The van der Waals surface area contributed by atoms with Crippen molar-refractivity contribution in [1.29, 1.82) is 0 Å². The van der Waals surface area contributed by atoms with E-state index in [1.165, 1.54) is 0 Å². The first kappa shape index (κ1) is 18.0. The normalized spacial score (nSPS) is 18.0. The smallest absolute Gasteiger partial charge is 0.321 e. The molecule has 0 spiro atoms. The second-order valence-corrected chi connectivity index (χ2v) is 8.07. The van der Waals surface area contributed by atoms with Gasteiger partial charge in [-0.15, -0.1) is 11.3 Å². The summed E-state index contributed by atoms with van der Waals surface area (Å²) in [6.07, 6.45) is 0. The molecule has 0 radical (unpaired) electrons. The van der Waals surface area contributed by atoms with Gasteiger partial charge < -0.3 is 25.3 Å². The van der Waals surface area contributed by atoms with Crippen LogP contribution in [0.1, 0.15) is 5.01 Å². The molecule has 0 atom stereocenters. The lowest BCUT2D eigenvalue weighted by Crippen LogP contribution is -2.57. The van der Waals surface area contributed by atoms with Crippen molar-refractivity contribution in [2.24, 2.45) is 0 Å². The van der Waals surface area contributed by atoms with Gasteiger partial charge >= 0.3 is 12.1 Å². The number of anilines is 1. The molecule has 4 rings (SSSR count). The van der Waals surface area contributed by atoms with Gasteiger partial charge in [0.1, 0.15) is 0 Å². The molecule has 0 unspecified atom stereocenters. The fourth-order valence-corrected chi connectivity index (χ4v) is 4.34. The SMILES string of the molecule is Cc1nc2ccc(NC(=O)N3CCN(C(=O)N4CCNCC4)CC3)cc2s1. The van der Waals surface area contributed by atoms with Crippen LogP contribution in [0.25, 0.3) is 10.2 Å². The Labute approximate surface area is 162 Å². The lowest BCUT2D eigenvalue weighted by atomic mass is 10.3. The molecule has 0 aliphatic carbocycles. The van der Waals surface area contributed by atoms with Crippen molar-refractivity contribution in [3.8, 4) is 0 Å². The number of rotatable bonds is 1. The highest BCUT2D eigenvalue weighted by Gasteiger charge is 2.27. The molecule has 2 aromatic rings. The summed E-state index contributed by atoms with van der Waals surface area (Å²) < 4.78 is 1.07. The van der Waals surface area contributed by atoms with Gasteiger partial charge in [-0.2, -0.15) is 0 Å². The standard InChI is InChI=1S/C18H24N6O2S/c1-13-20-15-3-2-14(12-16(15)27-13)21-17(25)22-8-10-24(11-9-22)18(26)23-6-4-19-5-7-23/h2-3,12,19H,4-11H2,1H3,(H,21,25). The Balaban J connectivity index is 1.31. The fourth-order valence-electron chi connectivity index (χ4n) is 3.48. The van der Waals surface area contributed by atoms with Gasteiger partial charge in [0.2, 0.25) is 0 Å². The highest BCUT2D eigenvalue weighted by molar-refractivity contribution is 7.18. The van der Waals surface area contributed by atoms with Crippen LogP contribution in [0.3, 0.4) is 0 Å². The number of amides is 4. The summed E-state index contributed by atoms with van der Waals surface area (Å²) in [6, 6.07) is 5.73. The molecule has 1 aromatic carbocycles. The van der Waals surface area contributed by atoms with Crippen LogP contribution in [0, 0.1) is 6.92 Å². The van der Waals surface area contributed by atoms with E-state index in [0.717, 1.165) is 47.1 Å². The second-order valence-electron chi connectivity index (χ2n) is 6.84. The number of hydrogen-bond donors (Lipinski definition) is 2. The van der Waals surface area contributed by atoms with Crippen LogP contribution < -0.4 is 10.6 Å². The minimum atomic E-state index is -0.121. The Morgan fingerprint density at radius 1 is 1.04 bits per heavy atom. The van der Waals surface area contributed by atoms with E-state index in [2.05, 4.69) is 15.6 Å². The van der Waals surface area contributed by atoms with Crippen molar-refractivity contribution in [2.45, 2.75) is 6.92 Å². The third kappa shape index (κ3) is 3.98. The van der Waals surface area contributed by atoms with Gasteiger partial charge in [0.15, 0.2) is 0 Å². The molecule has 144 valence electrons. The third-order valence-corrected chi connectivity index (χ3v) is 5.91. The van der Waals surface area contributed by atoms with E-state index in [4.69, 9.17) is 0 Å². The summed E-state index contributed by atoms with van der Waals surface area (Å²) in [7, 11) is 0. The van der Waals surface area contributed by atoms with Crippen molar-refractivity contribution in [1.82, 2.24) is 25.0 Å². The van der Waals surface area contributed by atoms with E-state index < -0.39 is 0 Å². The first-order valence-electron chi connectivity index (χ1n) is 9.28. The predicted molar refractivity (Wildman–Crippen MR) is 106 cm³/mol. The Hall–Kier alpha value is -2.39. The molecule has 8 nitrogen and oxygen atoms in total. The van der Waals surface area contributed by atoms with E-state index >= 15 is 0 Å². The van der Waals surface area contributed by atoms with Gasteiger partial charge in [-0.3, -0.25) is 0 Å². The number of benzene rings is 1. The zero-order valence-corrected chi connectivity index (χ0v) is 16.2. The van der Waals surface area contributed by atoms with E-state index in [-0.39, 0.29) is 12.1 Å². The van der Waals surface area contributed by atoms with Gasteiger partial charge in [-0.25, -0.2) is 14.6 Å². The maximum atomic E-state index is 12.6. The number of fused-ring (bicyclic) bond motifs is 1. The number of piperazine rings is 2. The predicted octanol–water partition coefficient (Wildman–Crippen LogP) is 1.78. The summed E-state index contributed by atoms with van der Waals surface area (Å²) in [5, 5.41) is 7.23. The molecular weight excluding hydrogens is 364 g/mol. The van der Waals surface area contributed by atoms with Crippen molar-refractivity contribution >= 4 is 39.3 Å². The number of carbonyl (C=O) groups excluding carboxylic acids is 2. The Morgan fingerprint density at radius 2 is 1.70 bits per heavy atom. The number of urea groups is 2. The second kappa shape index (κ2) is 7.69. The number of aromatic nitrogens is 1. The molecule has 3 heterocycles. The molecule has 0 saturated carbocycles. The monoisotopic (exact) mass is 388 g/mol. The number of carbonyl (C=O) groups is 2. The number of hydrogen-bond acceptors (Lipinski definition) is 5. The zero-order valence-electron chi connectivity index (χ0n) is 15.4. The highest BCUT2D eigenvalue weighted by atomic mass is 32.1. The minimum Gasteiger partial charge on any atom is -0.322 e. The highest BCUT2D eigenvalue weighted by Crippen LogP contribution is 2.25. The maximum Gasteiger partial charge on any atom is 0.321 e. The van der Waals surface area contributed by atoms with Crippen LogP contribution in [0.2, 0.25) is 0 Å². The first-order chi connectivity index (χ1) is 13.1. The van der Waals surface area contributed by atoms with Crippen LogP contribution in [-0.4, -0.2) is 84.1 Å². The van der Waals surface area contributed by atoms with Gasteiger partial charge in [0.25, 0.3) is 0 Å². The van der Waals surface area contributed by atoms with Crippen molar-refractivity contribution in [3.05, 3.63) is 23.2 Å². The average molecular weight is 388 g/mol. The van der Waals surface area contributed by atoms with Crippen molar-refractivity contribution in [3.63, 3.8) is 0 Å². The summed E-state index contributed by atoms with van der Waals surface area (Å²) in [5.41, 5.74) is 1.73. The van der Waals surface area contributed by atoms with E-state index in [1.807, 2.05) is 34.9 Å². The molecule has 27 heavy (non-hydrogen) atoms. The largest absolute Gasteiger partial charge is 0.322 e. The molecule has 4 amide bonds. The Morgan fingerprint density at radius 3 is 2.44 bits per heavy atom. The minimum absolute atomic E-state index is 0.0857. The molecule has 1 aromatic heterocycles. The van der Waals surface area contributed by atoms with Gasteiger partial charge in [0.05, 0.1) is 15.2 Å². The quantitative estimate of drug-likeness (QED) is 0.780. The number of nitrogens with zero attached hydrogens (tertiary/aromatic N) is 4. The van der Waals surface area contributed by atoms with E-state index in [9.17, 15) is 9.59 Å². The molecule has 9 heteroatoms. The summed E-state index contributed by atoms with van der Waals surface area (Å²) in [5.74, 6) is 0. The van der Waals surface area contributed by atoms with E-state index in [1.54, 1.807) is 16.2 Å². The van der Waals surface area contributed by atoms with Crippen LogP contribution in [0.5, 0.6) is 0 Å². The van der Waals surface area contributed by atoms with E-state index in [0.29, 0.717) is 26.2 Å². The lowest BCUT2D eigenvalue weighted by molar-refractivity contribution is 0.118. The molecule has 0 bridgehead atoms. The van der Waals surface area contributed by atoms with Gasteiger partial charge in [-0.05, 0) is 25.1 Å². The van der Waals surface area contributed by atoms with Crippen molar-refractivity contribution < 1.29 is 9.59 Å². The summed E-state index contributed by atoms with van der Waals surface area (Å²) in [4.78, 5) is 35.1. The summed E-state index contributed by atoms with van der Waals surface area (Å²) in [6.45, 7) is 7.40. The Bertz CT molecular complexity index is 839. The zero-order chi connectivity index (χ0) is 18.8. The van der Waals surface area contributed by atoms with Crippen LogP contribution >= 0.6 is 11.3 Å². The first-order valence-corrected chi connectivity index (χ1v) is 10.1. The average Bonchev–Trinajstić information content (AvgIpc) is 3.07. The third-order valence-electron chi connectivity index (χ3n) is 4.97. The molecular formula is C18H24N6O2S. The lowest BCUT2D eigenvalue weighted by Gasteiger charge is -2.38. The topological polar surface area (TPSA) is 80.8 Å². The number of nitrogens with one attached hydrogen (secondary N) is 2. The number of thiazole rings is 1. The van der Waals surface area contributed by atoms with Crippen LogP contribution in [0.15, 0.2) is 18.2 Å². The van der Waals surface area contributed by atoms with Gasteiger partial charge in [-0.1, -0.05) is 0 Å². The van der Waals surface area contributed by atoms with Crippen LogP contribution in [0.4, 0.5) is 15.3 Å². The Kier molecular flexibility index (Phi) is 5.13. The summed E-state index contributed by atoms with van der Waals surface area (Å²) >= 11 is 1.62. The molecule has 2 N–H and O–H groups in total. The molecule has 2 aliphatic heterocycles.